The Morgan fingerprint density at radius 1 is 1.30 bits per heavy atom. The summed E-state index contributed by atoms with van der Waals surface area (Å²) in [6.07, 6.45) is 4.51. The number of nitrogens with one attached hydrogen (secondary N) is 1. The molecule has 20 heavy (non-hydrogen) atoms. The van der Waals surface area contributed by atoms with Crippen LogP contribution in [-0.4, -0.2) is 22.0 Å². The van der Waals surface area contributed by atoms with E-state index in [0.29, 0.717) is 0 Å². The van der Waals surface area contributed by atoms with E-state index in [9.17, 15) is 9.90 Å². The van der Waals surface area contributed by atoms with Gasteiger partial charge in [-0.05, 0) is 31.4 Å². The molecule has 104 valence electrons. The molecule has 2 rings (SSSR count). The van der Waals surface area contributed by atoms with Gasteiger partial charge in [0.05, 0.1) is 11.8 Å². The molecule has 2 aromatic rings. The highest BCUT2D eigenvalue weighted by molar-refractivity contribution is 5.96. The fourth-order valence-electron chi connectivity index (χ4n) is 1.98. The first-order chi connectivity index (χ1) is 9.66. The highest BCUT2D eigenvalue weighted by atomic mass is 16.3. The molecule has 0 fully saturated rings. The van der Waals surface area contributed by atoms with E-state index in [2.05, 4.69) is 22.4 Å². The van der Waals surface area contributed by atoms with Crippen molar-refractivity contribution in [2.45, 2.75) is 25.8 Å². The molecule has 0 aliphatic heterocycles. The molecular weight excluding hydrogens is 252 g/mol. The predicted molar refractivity (Wildman–Crippen MR) is 77.6 cm³/mol. The zero-order valence-electron chi connectivity index (χ0n) is 11.4. The topological polar surface area (TPSA) is 62.2 Å². The van der Waals surface area contributed by atoms with E-state index in [1.165, 1.54) is 24.0 Å². The maximum Gasteiger partial charge on any atom is 0.255 e. The molecule has 1 unspecified atom stereocenters. The Kier molecular flexibility index (Phi) is 4.71. The van der Waals surface area contributed by atoms with Crippen LogP contribution >= 0.6 is 0 Å². The summed E-state index contributed by atoms with van der Waals surface area (Å²) in [6, 6.07) is 11.7. The quantitative estimate of drug-likeness (QED) is 0.877. The molecule has 1 atom stereocenters. The van der Waals surface area contributed by atoms with E-state index in [0.717, 1.165) is 12.8 Å². The lowest BCUT2D eigenvalue weighted by molar-refractivity contribution is 0.0935. The molecule has 0 saturated heterocycles. The Bertz CT molecular complexity index is 570. The Morgan fingerprint density at radius 3 is 2.75 bits per heavy atom. The number of rotatable bonds is 5. The average molecular weight is 270 g/mol. The van der Waals surface area contributed by atoms with Gasteiger partial charge in [0.25, 0.3) is 5.91 Å². The molecule has 0 aliphatic rings. The number of benzene rings is 1. The second-order valence-electron chi connectivity index (χ2n) is 4.79. The van der Waals surface area contributed by atoms with Crippen molar-refractivity contribution in [3.8, 4) is 5.75 Å². The van der Waals surface area contributed by atoms with Crippen molar-refractivity contribution in [1.29, 1.82) is 0 Å². The summed E-state index contributed by atoms with van der Waals surface area (Å²) in [7, 11) is 0. The summed E-state index contributed by atoms with van der Waals surface area (Å²) in [5, 5.41) is 12.5. The number of aromatic nitrogens is 1. The molecule has 1 aromatic carbocycles. The molecule has 1 aromatic heterocycles. The third kappa shape index (κ3) is 3.82. The van der Waals surface area contributed by atoms with Crippen molar-refractivity contribution in [2.24, 2.45) is 0 Å². The number of hydrogen-bond acceptors (Lipinski definition) is 3. The van der Waals surface area contributed by atoms with E-state index in [1.807, 2.05) is 25.1 Å². The molecule has 0 radical (unpaired) electrons. The molecule has 1 amide bonds. The maximum atomic E-state index is 12.0. The van der Waals surface area contributed by atoms with Crippen LogP contribution in [0.4, 0.5) is 0 Å². The van der Waals surface area contributed by atoms with E-state index in [1.54, 1.807) is 0 Å². The largest absolute Gasteiger partial charge is 0.505 e. The SMILES string of the molecule is CC(CCc1ccccc1)NC(=O)c1ccncc1O. The fourth-order valence-corrected chi connectivity index (χ4v) is 1.98. The predicted octanol–water partition coefficient (Wildman–Crippen LogP) is 2.54. The van der Waals surface area contributed by atoms with Crippen LogP contribution in [0, 0.1) is 0 Å². The zero-order valence-corrected chi connectivity index (χ0v) is 11.4. The summed E-state index contributed by atoms with van der Waals surface area (Å²) in [5.74, 6) is -0.370. The van der Waals surface area contributed by atoms with Crippen LogP contribution in [0.1, 0.15) is 29.3 Å². The molecule has 0 aliphatic carbocycles. The van der Waals surface area contributed by atoms with Crippen molar-refractivity contribution in [2.75, 3.05) is 0 Å². The van der Waals surface area contributed by atoms with Gasteiger partial charge in [-0.3, -0.25) is 9.78 Å². The van der Waals surface area contributed by atoms with Gasteiger partial charge in [-0.2, -0.15) is 0 Å². The molecular formula is C16H18N2O2. The molecule has 0 saturated carbocycles. The number of pyridine rings is 1. The van der Waals surface area contributed by atoms with Gasteiger partial charge in [0, 0.05) is 12.2 Å². The van der Waals surface area contributed by atoms with Gasteiger partial charge < -0.3 is 10.4 Å². The van der Waals surface area contributed by atoms with Gasteiger partial charge in [-0.15, -0.1) is 0 Å². The number of amides is 1. The third-order valence-electron chi connectivity index (χ3n) is 3.13. The first kappa shape index (κ1) is 14.1. The molecule has 0 bridgehead atoms. The van der Waals surface area contributed by atoms with Crippen molar-refractivity contribution in [3.63, 3.8) is 0 Å². The van der Waals surface area contributed by atoms with Gasteiger partial charge in [-0.25, -0.2) is 0 Å². The normalized spacial score (nSPS) is 11.8. The lowest BCUT2D eigenvalue weighted by Crippen LogP contribution is -2.32. The van der Waals surface area contributed by atoms with Crippen LogP contribution < -0.4 is 5.32 Å². The number of hydrogen-bond donors (Lipinski definition) is 2. The monoisotopic (exact) mass is 270 g/mol. The molecule has 4 heteroatoms. The lowest BCUT2D eigenvalue weighted by Gasteiger charge is -2.14. The van der Waals surface area contributed by atoms with Gasteiger partial charge >= 0.3 is 0 Å². The van der Waals surface area contributed by atoms with Crippen LogP contribution in [0.25, 0.3) is 0 Å². The van der Waals surface area contributed by atoms with Crippen molar-refractivity contribution >= 4 is 5.91 Å². The van der Waals surface area contributed by atoms with Crippen LogP contribution in [-0.2, 0) is 6.42 Å². The summed E-state index contributed by atoms with van der Waals surface area (Å²) < 4.78 is 0. The van der Waals surface area contributed by atoms with Gasteiger partial charge in [-0.1, -0.05) is 30.3 Å². The zero-order chi connectivity index (χ0) is 14.4. The van der Waals surface area contributed by atoms with E-state index < -0.39 is 0 Å². The number of carbonyl (C=O) groups is 1. The number of aromatic hydroxyl groups is 1. The highest BCUT2D eigenvalue weighted by Crippen LogP contribution is 2.14. The summed E-state index contributed by atoms with van der Waals surface area (Å²) in [6.45, 7) is 1.96. The minimum absolute atomic E-state index is 0.0373. The van der Waals surface area contributed by atoms with Crippen molar-refractivity contribution in [1.82, 2.24) is 10.3 Å². The summed E-state index contributed by atoms with van der Waals surface area (Å²) in [4.78, 5) is 15.7. The lowest BCUT2D eigenvalue weighted by atomic mass is 10.1. The Labute approximate surface area is 118 Å². The maximum absolute atomic E-state index is 12.0. The molecule has 0 spiro atoms. The molecule has 2 N–H and O–H groups in total. The van der Waals surface area contributed by atoms with Crippen LogP contribution in [0.3, 0.4) is 0 Å². The van der Waals surface area contributed by atoms with Crippen LogP contribution in [0.5, 0.6) is 5.75 Å². The minimum atomic E-state index is -0.273. The third-order valence-corrected chi connectivity index (χ3v) is 3.13. The van der Waals surface area contributed by atoms with Crippen LogP contribution in [0.2, 0.25) is 0 Å². The summed E-state index contributed by atoms with van der Waals surface area (Å²) >= 11 is 0. The van der Waals surface area contributed by atoms with E-state index in [-0.39, 0.29) is 23.3 Å². The van der Waals surface area contributed by atoms with E-state index >= 15 is 0 Å². The Balaban J connectivity index is 1.87. The average Bonchev–Trinajstić information content (AvgIpc) is 2.46. The van der Waals surface area contributed by atoms with Crippen LogP contribution in [0.15, 0.2) is 48.8 Å². The van der Waals surface area contributed by atoms with E-state index in [4.69, 9.17) is 0 Å². The second kappa shape index (κ2) is 6.70. The highest BCUT2D eigenvalue weighted by Gasteiger charge is 2.13. The second-order valence-corrected chi connectivity index (χ2v) is 4.79. The van der Waals surface area contributed by atoms with Crippen molar-refractivity contribution < 1.29 is 9.90 Å². The fraction of sp³-hybridized carbons (Fsp3) is 0.250. The Morgan fingerprint density at radius 2 is 2.05 bits per heavy atom. The molecule has 4 nitrogen and oxygen atoms in total. The number of carbonyl (C=O) groups excluding carboxylic acids is 1. The smallest absolute Gasteiger partial charge is 0.255 e. The Hall–Kier alpha value is -2.36. The number of nitrogens with zero attached hydrogens (tertiary/aromatic N) is 1. The minimum Gasteiger partial charge on any atom is -0.505 e. The standard InChI is InChI=1S/C16H18N2O2/c1-12(7-8-13-5-3-2-4-6-13)18-16(20)14-9-10-17-11-15(14)19/h2-6,9-12,19H,7-8H2,1H3,(H,18,20). The first-order valence-electron chi connectivity index (χ1n) is 6.64. The van der Waals surface area contributed by atoms with Crippen molar-refractivity contribution in [3.05, 3.63) is 59.9 Å². The first-order valence-corrected chi connectivity index (χ1v) is 6.64. The number of aryl methyl sites for hydroxylation is 1. The van der Waals surface area contributed by atoms with Gasteiger partial charge in [0.1, 0.15) is 5.75 Å². The summed E-state index contributed by atoms with van der Waals surface area (Å²) in [5.41, 5.74) is 1.51. The van der Waals surface area contributed by atoms with Gasteiger partial charge in [0.15, 0.2) is 0 Å². The van der Waals surface area contributed by atoms with Gasteiger partial charge in [0.2, 0.25) is 0 Å². The molecule has 1 heterocycles.